The molecule has 0 aliphatic heterocycles. The van der Waals surface area contributed by atoms with Gasteiger partial charge < -0.3 is 9.32 Å². The largest absolute Gasteiger partial charge is 0.459 e. The summed E-state index contributed by atoms with van der Waals surface area (Å²) in [5.74, 6) is -1.82. The molecule has 1 aromatic heterocycles. The summed E-state index contributed by atoms with van der Waals surface area (Å²) in [5.41, 5.74) is 5.16. The van der Waals surface area contributed by atoms with Crippen molar-refractivity contribution in [3.8, 4) is 0 Å². The summed E-state index contributed by atoms with van der Waals surface area (Å²) in [4.78, 5) is 37.0. The summed E-state index contributed by atoms with van der Waals surface area (Å²) in [5, 5.41) is 0. The fourth-order valence-corrected chi connectivity index (χ4v) is 3.40. The number of aryl methyl sites for hydroxylation is 1. The maximum absolute atomic E-state index is 12.5. The summed E-state index contributed by atoms with van der Waals surface area (Å²) in [6, 6.07) is 9.22. The van der Waals surface area contributed by atoms with Crippen molar-refractivity contribution < 1.29 is 27.2 Å². The first kappa shape index (κ1) is 22.1. The van der Waals surface area contributed by atoms with Gasteiger partial charge in [0, 0.05) is 14.1 Å². The molecule has 0 aliphatic carbocycles. The van der Waals surface area contributed by atoms with Crippen molar-refractivity contribution in [3.63, 3.8) is 0 Å². The Balaban J connectivity index is 1.83. The summed E-state index contributed by atoms with van der Waals surface area (Å²) in [7, 11) is -1.19. The van der Waals surface area contributed by atoms with Crippen LogP contribution >= 0.6 is 0 Å². The second-order valence-electron chi connectivity index (χ2n) is 6.31. The normalized spacial score (nSPS) is 11.2. The van der Waals surface area contributed by atoms with Gasteiger partial charge in [-0.15, -0.1) is 0 Å². The SMILES string of the molecule is Cc1ccc(S(=O)(=O)N(C)CC(=O)NNC(=O)CN(C)C(=O)c2ccco2)cc1. The third-order valence-corrected chi connectivity index (χ3v) is 5.71. The number of hydrazine groups is 1. The summed E-state index contributed by atoms with van der Waals surface area (Å²) >= 11 is 0. The first-order valence-electron chi connectivity index (χ1n) is 8.51. The number of carbonyl (C=O) groups excluding carboxylic acids is 3. The fraction of sp³-hybridized carbons (Fsp3) is 0.278. The predicted octanol–water partition coefficient (Wildman–Crippen LogP) is 0.128. The standard InChI is InChI=1S/C18H22N4O6S/c1-13-6-8-14(9-7-13)29(26,27)22(3)12-17(24)20-19-16(23)11-21(2)18(25)15-5-4-10-28-15/h4-10H,11-12H2,1-3H3,(H,19,23)(H,20,24). The van der Waals surface area contributed by atoms with Gasteiger partial charge in [-0.3, -0.25) is 25.2 Å². The Kier molecular flexibility index (Phi) is 7.13. The molecule has 0 aliphatic rings. The lowest BCUT2D eigenvalue weighted by atomic mass is 10.2. The Morgan fingerprint density at radius 1 is 0.966 bits per heavy atom. The molecule has 1 heterocycles. The van der Waals surface area contributed by atoms with Gasteiger partial charge in [0.25, 0.3) is 17.7 Å². The van der Waals surface area contributed by atoms with E-state index in [9.17, 15) is 22.8 Å². The maximum Gasteiger partial charge on any atom is 0.289 e. The zero-order valence-electron chi connectivity index (χ0n) is 16.2. The third-order valence-electron chi connectivity index (χ3n) is 3.90. The Hall–Kier alpha value is -3.18. The lowest BCUT2D eigenvalue weighted by Crippen LogP contribution is -2.49. The van der Waals surface area contributed by atoms with Crippen LogP contribution in [-0.4, -0.2) is 62.5 Å². The van der Waals surface area contributed by atoms with E-state index < -0.39 is 34.3 Å². The van der Waals surface area contributed by atoms with Crippen LogP contribution in [0.1, 0.15) is 16.1 Å². The van der Waals surface area contributed by atoms with Gasteiger partial charge in [0.1, 0.15) is 6.54 Å². The molecule has 2 rings (SSSR count). The Morgan fingerprint density at radius 3 is 2.10 bits per heavy atom. The van der Waals surface area contributed by atoms with Crippen LogP contribution in [0.3, 0.4) is 0 Å². The molecule has 0 saturated heterocycles. The predicted molar refractivity (Wildman–Crippen MR) is 103 cm³/mol. The molecule has 2 N–H and O–H groups in total. The number of benzene rings is 1. The Labute approximate surface area is 168 Å². The van der Waals surface area contributed by atoms with Crippen LogP contribution in [0.4, 0.5) is 0 Å². The van der Waals surface area contributed by atoms with Crippen LogP contribution in [0.15, 0.2) is 52.0 Å². The number of nitrogens with one attached hydrogen (secondary N) is 2. The van der Waals surface area contributed by atoms with Crippen molar-refractivity contribution in [3.05, 3.63) is 54.0 Å². The Morgan fingerprint density at radius 2 is 1.55 bits per heavy atom. The van der Waals surface area contributed by atoms with Gasteiger partial charge in [-0.1, -0.05) is 17.7 Å². The molecule has 2 aromatic rings. The molecule has 0 fully saturated rings. The second kappa shape index (κ2) is 9.34. The van der Waals surface area contributed by atoms with Gasteiger partial charge >= 0.3 is 0 Å². The molecule has 0 atom stereocenters. The van der Waals surface area contributed by atoms with Crippen molar-refractivity contribution >= 4 is 27.7 Å². The van der Waals surface area contributed by atoms with E-state index in [4.69, 9.17) is 4.42 Å². The molecule has 11 heteroatoms. The minimum absolute atomic E-state index is 0.0560. The van der Waals surface area contributed by atoms with Crippen molar-refractivity contribution in [2.45, 2.75) is 11.8 Å². The second-order valence-corrected chi connectivity index (χ2v) is 8.35. The molecular weight excluding hydrogens is 400 g/mol. The van der Waals surface area contributed by atoms with Gasteiger partial charge in [-0.05, 0) is 31.2 Å². The number of hydrogen-bond donors (Lipinski definition) is 2. The molecule has 156 valence electrons. The van der Waals surface area contributed by atoms with E-state index in [2.05, 4.69) is 10.9 Å². The number of carbonyl (C=O) groups is 3. The van der Waals surface area contributed by atoms with Gasteiger partial charge in [0.05, 0.1) is 17.7 Å². The van der Waals surface area contributed by atoms with Crippen LogP contribution in [0.5, 0.6) is 0 Å². The highest BCUT2D eigenvalue weighted by molar-refractivity contribution is 7.89. The van der Waals surface area contributed by atoms with Crippen LogP contribution in [0.2, 0.25) is 0 Å². The number of likely N-dealkylation sites (N-methyl/N-ethyl adjacent to an activating group) is 2. The number of hydrogen-bond acceptors (Lipinski definition) is 6. The molecule has 0 bridgehead atoms. The number of sulfonamides is 1. The monoisotopic (exact) mass is 422 g/mol. The minimum Gasteiger partial charge on any atom is -0.459 e. The van der Waals surface area contributed by atoms with Gasteiger partial charge in [-0.2, -0.15) is 4.31 Å². The van der Waals surface area contributed by atoms with Gasteiger partial charge in [0.15, 0.2) is 5.76 Å². The van der Waals surface area contributed by atoms with E-state index in [0.717, 1.165) is 14.8 Å². The zero-order valence-corrected chi connectivity index (χ0v) is 17.0. The van der Waals surface area contributed by atoms with Crippen LogP contribution in [0, 0.1) is 6.92 Å². The van der Waals surface area contributed by atoms with E-state index in [1.54, 1.807) is 18.2 Å². The summed E-state index contributed by atoms with van der Waals surface area (Å²) in [6.07, 6.45) is 1.34. The first-order chi connectivity index (χ1) is 13.6. The Bertz CT molecular complexity index is 970. The first-order valence-corrected chi connectivity index (χ1v) is 9.95. The minimum atomic E-state index is -3.85. The lowest BCUT2D eigenvalue weighted by molar-refractivity contribution is -0.129. The highest BCUT2D eigenvalue weighted by Gasteiger charge is 2.23. The molecule has 0 radical (unpaired) electrons. The number of furan rings is 1. The topological polar surface area (TPSA) is 129 Å². The van der Waals surface area contributed by atoms with Crippen molar-refractivity contribution in [2.24, 2.45) is 0 Å². The van der Waals surface area contributed by atoms with E-state index in [1.807, 2.05) is 6.92 Å². The van der Waals surface area contributed by atoms with Crippen LogP contribution in [-0.2, 0) is 19.6 Å². The van der Waals surface area contributed by atoms with Crippen LogP contribution in [0.25, 0.3) is 0 Å². The van der Waals surface area contributed by atoms with E-state index in [1.165, 1.54) is 38.6 Å². The average Bonchev–Trinajstić information content (AvgIpc) is 3.20. The van der Waals surface area contributed by atoms with E-state index in [0.29, 0.717) is 0 Å². The molecule has 3 amide bonds. The smallest absolute Gasteiger partial charge is 0.289 e. The summed E-state index contributed by atoms with van der Waals surface area (Å²) in [6.45, 7) is 0.991. The fourth-order valence-electron chi connectivity index (χ4n) is 2.27. The van der Waals surface area contributed by atoms with Crippen LogP contribution < -0.4 is 10.9 Å². The molecular formula is C18H22N4O6S. The third kappa shape index (κ3) is 5.90. The van der Waals surface area contributed by atoms with Crippen molar-refractivity contribution in [1.82, 2.24) is 20.1 Å². The quantitative estimate of drug-likeness (QED) is 0.610. The zero-order chi connectivity index (χ0) is 21.6. The average molecular weight is 422 g/mol. The van der Waals surface area contributed by atoms with Crippen molar-refractivity contribution in [1.29, 1.82) is 0 Å². The molecule has 0 saturated carbocycles. The summed E-state index contributed by atoms with van der Waals surface area (Å²) < 4.78 is 30.7. The van der Waals surface area contributed by atoms with Crippen molar-refractivity contribution in [2.75, 3.05) is 27.2 Å². The highest BCUT2D eigenvalue weighted by atomic mass is 32.2. The number of nitrogens with zero attached hydrogens (tertiary/aromatic N) is 2. The molecule has 10 nitrogen and oxygen atoms in total. The maximum atomic E-state index is 12.5. The lowest BCUT2D eigenvalue weighted by Gasteiger charge is -2.18. The highest BCUT2D eigenvalue weighted by Crippen LogP contribution is 2.14. The molecule has 1 aromatic carbocycles. The van der Waals surface area contributed by atoms with Gasteiger partial charge in [-0.25, -0.2) is 8.42 Å². The molecule has 0 spiro atoms. The van der Waals surface area contributed by atoms with Gasteiger partial charge in [0.2, 0.25) is 10.0 Å². The van der Waals surface area contributed by atoms with E-state index >= 15 is 0 Å². The number of rotatable bonds is 7. The molecule has 0 unspecified atom stereocenters. The number of amides is 3. The van der Waals surface area contributed by atoms with E-state index in [-0.39, 0.29) is 17.2 Å². The molecule has 29 heavy (non-hydrogen) atoms.